The summed E-state index contributed by atoms with van der Waals surface area (Å²) in [6.07, 6.45) is 0.0623. The van der Waals surface area contributed by atoms with Crippen LogP contribution in [0.2, 0.25) is 0 Å². The predicted octanol–water partition coefficient (Wildman–Crippen LogP) is 3.19. The van der Waals surface area contributed by atoms with Gasteiger partial charge in [-0.05, 0) is 12.1 Å². The molecule has 1 N–H and O–H groups in total. The average Bonchev–Trinajstić information content (AvgIpc) is 2.59. The largest absolute Gasteiger partial charge is 0.481 e. The van der Waals surface area contributed by atoms with Crippen LogP contribution in [0.1, 0.15) is 26.0 Å². The first-order chi connectivity index (χ1) is 7.49. The molecule has 3 nitrogen and oxygen atoms in total. The average molecular weight is 218 g/mol. The Morgan fingerprint density at radius 1 is 1.38 bits per heavy atom. The van der Waals surface area contributed by atoms with Gasteiger partial charge in [0.05, 0.1) is 6.42 Å². The molecule has 0 aliphatic rings. The van der Waals surface area contributed by atoms with E-state index in [1.165, 1.54) is 0 Å². The fraction of sp³-hybridized carbons (Fsp3) is 0.308. The van der Waals surface area contributed by atoms with E-state index in [2.05, 4.69) is 0 Å². The molecule has 0 fully saturated rings. The third kappa shape index (κ3) is 1.94. The minimum atomic E-state index is -0.814. The van der Waals surface area contributed by atoms with Gasteiger partial charge in [0, 0.05) is 10.8 Å². The molecular formula is C13H14O3. The number of aliphatic carboxylic acids is 1. The van der Waals surface area contributed by atoms with E-state index in [-0.39, 0.29) is 6.42 Å². The van der Waals surface area contributed by atoms with Crippen molar-refractivity contribution in [3.8, 4) is 0 Å². The van der Waals surface area contributed by atoms with E-state index < -0.39 is 11.4 Å². The number of benzene rings is 1. The van der Waals surface area contributed by atoms with Gasteiger partial charge in [0.25, 0.3) is 0 Å². The van der Waals surface area contributed by atoms with E-state index in [0.29, 0.717) is 0 Å². The molecular weight excluding hydrogens is 204 g/mol. The predicted molar refractivity (Wildman–Crippen MR) is 61.5 cm³/mol. The smallest absolute Gasteiger partial charge is 0.304 e. The molecule has 16 heavy (non-hydrogen) atoms. The van der Waals surface area contributed by atoms with Gasteiger partial charge in [-0.25, -0.2) is 0 Å². The third-order valence-corrected chi connectivity index (χ3v) is 2.69. The Hall–Kier alpha value is -1.77. The maximum absolute atomic E-state index is 10.8. The minimum absolute atomic E-state index is 0.0623. The van der Waals surface area contributed by atoms with Crippen LogP contribution in [-0.4, -0.2) is 11.1 Å². The first-order valence-corrected chi connectivity index (χ1v) is 5.20. The maximum Gasteiger partial charge on any atom is 0.304 e. The zero-order chi connectivity index (χ0) is 11.8. The highest BCUT2D eigenvalue weighted by Gasteiger charge is 2.27. The van der Waals surface area contributed by atoms with Crippen molar-refractivity contribution >= 4 is 16.9 Å². The van der Waals surface area contributed by atoms with E-state index in [0.717, 1.165) is 16.7 Å². The summed E-state index contributed by atoms with van der Waals surface area (Å²) in [4.78, 5) is 10.8. The van der Waals surface area contributed by atoms with Crippen molar-refractivity contribution in [2.75, 3.05) is 0 Å². The fourth-order valence-corrected chi connectivity index (χ4v) is 1.78. The second kappa shape index (κ2) is 3.67. The van der Waals surface area contributed by atoms with Crippen molar-refractivity contribution in [2.24, 2.45) is 0 Å². The molecule has 0 saturated carbocycles. The Bertz CT molecular complexity index is 490. The molecule has 0 atom stereocenters. The van der Waals surface area contributed by atoms with E-state index in [1.807, 2.05) is 44.2 Å². The van der Waals surface area contributed by atoms with Gasteiger partial charge in [0.1, 0.15) is 11.3 Å². The molecule has 0 unspecified atom stereocenters. The molecule has 2 rings (SSSR count). The second-order valence-corrected chi connectivity index (χ2v) is 4.60. The molecule has 84 valence electrons. The normalized spacial score (nSPS) is 11.9. The number of rotatable bonds is 3. The van der Waals surface area contributed by atoms with Crippen LogP contribution in [0.4, 0.5) is 0 Å². The van der Waals surface area contributed by atoms with Crippen molar-refractivity contribution in [2.45, 2.75) is 25.7 Å². The number of fused-ring (bicyclic) bond motifs is 1. The second-order valence-electron chi connectivity index (χ2n) is 4.60. The minimum Gasteiger partial charge on any atom is -0.481 e. The monoisotopic (exact) mass is 218 g/mol. The Balaban J connectivity index is 2.43. The number of carboxylic acids is 1. The van der Waals surface area contributed by atoms with Gasteiger partial charge in [-0.15, -0.1) is 0 Å². The molecule has 0 radical (unpaired) electrons. The first kappa shape index (κ1) is 10.7. The van der Waals surface area contributed by atoms with E-state index >= 15 is 0 Å². The van der Waals surface area contributed by atoms with Crippen molar-refractivity contribution in [1.29, 1.82) is 0 Å². The van der Waals surface area contributed by atoms with E-state index in [4.69, 9.17) is 9.52 Å². The summed E-state index contributed by atoms with van der Waals surface area (Å²) < 4.78 is 5.67. The van der Waals surface area contributed by atoms with Gasteiger partial charge in [0.15, 0.2) is 0 Å². The van der Waals surface area contributed by atoms with Crippen LogP contribution >= 0.6 is 0 Å². The van der Waals surface area contributed by atoms with Crippen LogP contribution in [0.25, 0.3) is 11.0 Å². The molecule has 1 aromatic heterocycles. The zero-order valence-electron chi connectivity index (χ0n) is 9.36. The third-order valence-electron chi connectivity index (χ3n) is 2.69. The summed E-state index contributed by atoms with van der Waals surface area (Å²) in [5.74, 6) is -0.0958. The molecule has 1 aromatic carbocycles. The van der Waals surface area contributed by atoms with Gasteiger partial charge in [-0.2, -0.15) is 0 Å². The number of carboxylic acid groups (broad SMARTS) is 1. The highest BCUT2D eigenvalue weighted by Crippen LogP contribution is 2.31. The number of carbonyl (C=O) groups is 1. The molecule has 0 aliphatic carbocycles. The van der Waals surface area contributed by atoms with Crippen molar-refractivity contribution in [3.63, 3.8) is 0 Å². The Labute approximate surface area is 93.7 Å². The summed E-state index contributed by atoms with van der Waals surface area (Å²) in [6.45, 7) is 3.75. The lowest BCUT2D eigenvalue weighted by Gasteiger charge is -2.18. The zero-order valence-corrected chi connectivity index (χ0v) is 9.36. The molecule has 1 heterocycles. The summed E-state index contributed by atoms with van der Waals surface area (Å²) in [5, 5.41) is 9.85. The maximum atomic E-state index is 10.8. The van der Waals surface area contributed by atoms with Gasteiger partial charge in [-0.3, -0.25) is 4.79 Å². The number of para-hydroxylation sites is 1. The highest BCUT2D eigenvalue weighted by molar-refractivity contribution is 5.78. The van der Waals surface area contributed by atoms with Gasteiger partial charge < -0.3 is 9.52 Å². The van der Waals surface area contributed by atoms with Crippen LogP contribution in [-0.2, 0) is 10.2 Å². The Morgan fingerprint density at radius 3 is 2.69 bits per heavy atom. The van der Waals surface area contributed by atoms with Crippen LogP contribution in [0.15, 0.2) is 34.7 Å². The fourth-order valence-electron chi connectivity index (χ4n) is 1.78. The molecule has 2 aromatic rings. The standard InChI is InChI=1S/C13H14O3/c1-13(2,8-12(14)15)11-7-9-5-3-4-6-10(9)16-11/h3-7H,8H2,1-2H3,(H,14,15). The highest BCUT2D eigenvalue weighted by atomic mass is 16.4. The summed E-state index contributed by atoms with van der Waals surface area (Å²) in [7, 11) is 0. The molecule has 0 saturated heterocycles. The lowest BCUT2D eigenvalue weighted by molar-refractivity contribution is -0.138. The summed E-state index contributed by atoms with van der Waals surface area (Å²) >= 11 is 0. The first-order valence-electron chi connectivity index (χ1n) is 5.20. The van der Waals surface area contributed by atoms with Crippen LogP contribution in [0, 0.1) is 0 Å². The van der Waals surface area contributed by atoms with Crippen LogP contribution < -0.4 is 0 Å². The number of furan rings is 1. The van der Waals surface area contributed by atoms with Crippen molar-refractivity contribution < 1.29 is 14.3 Å². The number of hydrogen-bond acceptors (Lipinski definition) is 2. The Morgan fingerprint density at radius 2 is 2.06 bits per heavy atom. The van der Waals surface area contributed by atoms with Gasteiger partial charge in [0.2, 0.25) is 0 Å². The van der Waals surface area contributed by atoms with Crippen LogP contribution in [0.3, 0.4) is 0 Å². The molecule has 0 amide bonds. The SMILES string of the molecule is CC(C)(CC(=O)O)c1cc2ccccc2o1. The number of hydrogen-bond donors (Lipinski definition) is 1. The summed E-state index contributed by atoms with van der Waals surface area (Å²) in [5.41, 5.74) is 0.321. The van der Waals surface area contributed by atoms with Crippen molar-refractivity contribution in [3.05, 3.63) is 36.1 Å². The van der Waals surface area contributed by atoms with E-state index in [1.54, 1.807) is 0 Å². The summed E-state index contributed by atoms with van der Waals surface area (Å²) in [6, 6.07) is 9.60. The van der Waals surface area contributed by atoms with Gasteiger partial charge >= 0.3 is 5.97 Å². The molecule has 0 spiro atoms. The molecule has 3 heteroatoms. The Kier molecular flexibility index (Phi) is 2.46. The van der Waals surface area contributed by atoms with Gasteiger partial charge in [-0.1, -0.05) is 32.0 Å². The lowest BCUT2D eigenvalue weighted by Crippen LogP contribution is -2.20. The van der Waals surface area contributed by atoms with Crippen molar-refractivity contribution in [1.82, 2.24) is 0 Å². The van der Waals surface area contributed by atoms with E-state index in [9.17, 15) is 4.79 Å². The molecule has 0 bridgehead atoms. The quantitative estimate of drug-likeness (QED) is 0.860. The molecule has 0 aliphatic heterocycles. The van der Waals surface area contributed by atoms with Crippen LogP contribution in [0.5, 0.6) is 0 Å². The topological polar surface area (TPSA) is 50.4 Å². The lowest BCUT2D eigenvalue weighted by atomic mass is 9.86.